The molecule has 0 spiro atoms. The van der Waals surface area contributed by atoms with Gasteiger partial charge < -0.3 is 0 Å². The zero-order chi connectivity index (χ0) is 26.2. The van der Waals surface area contributed by atoms with Crippen LogP contribution >= 0.6 is 0 Å². The highest BCUT2D eigenvalue weighted by atomic mass is 14.2. The molecule has 0 bridgehead atoms. The first-order valence-corrected chi connectivity index (χ1v) is 16.2. The van der Waals surface area contributed by atoms with E-state index in [1.165, 1.54) is 157 Å². The van der Waals surface area contributed by atoms with E-state index >= 15 is 0 Å². The van der Waals surface area contributed by atoms with Crippen LogP contribution in [0, 0.1) is 12.8 Å². The first-order valence-electron chi connectivity index (χ1n) is 16.2. The lowest BCUT2D eigenvalue weighted by Crippen LogP contribution is -1.84. The van der Waals surface area contributed by atoms with E-state index in [1.54, 1.807) is 0 Å². The van der Waals surface area contributed by atoms with Crippen molar-refractivity contribution >= 4 is 0 Å². The van der Waals surface area contributed by atoms with Crippen LogP contribution in [0.3, 0.4) is 0 Å². The molecule has 0 aromatic heterocycles. The lowest BCUT2D eigenvalue weighted by molar-refractivity contribution is 0.523. The van der Waals surface area contributed by atoms with E-state index in [0.29, 0.717) is 0 Å². The van der Waals surface area contributed by atoms with Gasteiger partial charge >= 0.3 is 0 Å². The Kier molecular flexibility index (Phi) is 19.2. The highest BCUT2D eigenvalue weighted by Gasteiger charge is 2.16. The van der Waals surface area contributed by atoms with Crippen molar-refractivity contribution in [2.24, 2.45) is 0 Å². The molecule has 3 rings (SSSR count). The molecule has 206 valence electrons. The van der Waals surface area contributed by atoms with Crippen molar-refractivity contribution in [1.29, 1.82) is 0 Å². The zero-order valence-corrected chi connectivity index (χ0v) is 24.6. The van der Waals surface area contributed by atoms with Gasteiger partial charge in [-0.15, -0.1) is 0 Å². The van der Waals surface area contributed by atoms with Gasteiger partial charge in [0, 0.05) is 6.42 Å². The highest BCUT2D eigenvalue weighted by molar-refractivity contribution is 5.80. The molecule has 0 aliphatic heterocycles. The lowest BCUT2D eigenvalue weighted by Gasteiger charge is -2.04. The third-order valence-electron chi connectivity index (χ3n) is 7.82. The van der Waals surface area contributed by atoms with E-state index < -0.39 is 0 Å². The second-order valence-electron chi connectivity index (χ2n) is 11.2. The molecular formula is C37H58. The van der Waals surface area contributed by atoms with Crippen molar-refractivity contribution < 1.29 is 0 Å². The van der Waals surface area contributed by atoms with Crippen molar-refractivity contribution in [2.45, 2.75) is 149 Å². The fourth-order valence-electron chi connectivity index (χ4n) is 5.48. The Bertz CT molecular complexity index is 708. The second kappa shape index (κ2) is 22.4. The molecule has 0 heterocycles. The minimum absolute atomic E-state index is 1.25. The average Bonchev–Trinajstić information content (AvgIpc) is 3.31. The minimum atomic E-state index is 1.25. The normalized spacial score (nSPS) is 11.6. The number of unbranched alkanes of at least 4 members (excludes halogenated alkanes) is 21. The molecule has 0 heteroatoms. The van der Waals surface area contributed by atoms with Crippen LogP contribution in [0.4, 0.5) is 0 Å². The van der Waals surface area contributed by atoms with Gasteiger partial charge in [-0.2, -0.15) is 0 Å². The molecule has 0 unspecified atom stereocenters. The predicted molar refractivity (Wildman–Crippen MR) is 167 cm³/mol. The topological polar surface area (TPSA) is 0 Å². The number of hydrogen-bond donors (Lipinski definition) is 0. The standard InChI is InChI=1S/C24H49.C13H9/c1-3-5-7-9-11-13-15-17-19-21-23-24-22-20-18-16-14-12-10-8-6-4-2;1-3-7-12-10(5-1)9-11-6-2-4-8-13(11)12/h5H,3-4,6-24H2,1-2H3;1-9H. The fraction of sp³-hybridized carbons (Fsp3) is 0.622. The summed E-state index contributed by atoms with van der Waals surface area (Å²) < 4.78 is 0. The number of benzene rings is 2. The summed E-state index contributed by atoms with van der Waals surface area (Å²) in [4.78, 5) is 0. The first-order chi connectivity index (χ1) is 18.4. The fourth-order valence-corrected chi connectivity index (χ4v) is 5.48. The Morgan fingerprint density at radius 2 is 0.784 bits per heavy atom. The summed E-state index contributed by atoms with van der Waals surface area (Å²) >= 11 is 0. The van der Waals surface area contributed by atoms with Gasteiger partial charge in [0.15, 0.2) is 0 Å². The van der Waals surface area contributed by atoms with Crippen LogP contribution in [-0.2, 0) is 0 Å². The first kappa shape index (κ1) is 31.7. The van der Waals surface area contributed by atoms with Gasteiger partial charge in [-0.25, -0.2) is 0 Å². The average molecular weight is 503 g/mol. The summed E-state index contributed by atoms with van der Waals surface area (Å²) in [5.41, 5.74) is 5.39. The zero-order valence-electron chi connectivity index (χ0n) is 24.6. The molecule has 0 saturated carbocycles. The van der Waals surface area contributed by atoms with Gasteiger partial charge in [0.05, 0.1) is 0 Å². The minimum Gasteiger partial charge on any atom is -0.0654 e. The van der Waals surface area contributed by atoms with Crippen LogP contribution < -0.4 is 0 Å². The molecule has 2 aromatic carbocycles. The van der Waals surface area contributed by atoms with Gasteiger partial charge in [-0.05, 0) is 28.7 Å². The summed E-state index contributed by atoms with van der Waals surface area (Å²) in [5, 5.41) is 0. The summed E-state index contributed by atoms with van der Waals surface area (Å²) in [6.45, 7) is 4.55. The molecule has 0 N–H and O–H groups in total. The maximum absolute atomic E-state index is 2.42. The summed E-state index contributed by atoms with van der Waals surface area (Å²) in [6.07, 6.45) is 35.2. The molecule has 0 saturated heterocycles. The maximum atomic E-state index is 2.42. The Hall–Kier alpha value is -1.56. The van der Waals surface area contributed by atoms with Gasteiger partial charge in [0.25, 0.3) is 0 Å². The number of rotatable bonds is 21. The Morgan fingerprint density at radius 1 is 0.432 bits per heavy atom. The van der Waals surface area contributed by atoms with Crippen LogP contribution in [0.25, 0.3) is 11.1 Å². The highest BCUT2D eigenvalue weighted by Crippen LogP contribution is 2.37. The second-order valence-corrected chi connectivity index (χ2v) is 11.2. The molecule has 0 amide bonds. The smallest absolute Gasteiger partial charge is 0.0211 e. The Morgan fingerprint density at radius 3 is 1.16 bits per heavy atom. The third kappa shape index (κ3) is 14.8. The van der Waals surface area contributed by atoms with Crippen molar-refractivity contribution in [3.05, 3.63) is 72.5 Å². The van der Waals surface area contributed by atoms with Crippen LogP contribution in [0.1, 0.15) is 160 Å². The molecule has 0 nitrogen and oxygen atoms in total. The molecule has 1 aliphatic rings. The Labute approximate surface area is 232 Å². The molecule has 37 heavy (non-hydrogen) atoms. The van der Waals surface area contributed by atoms with E-state index in [0.717, 1.165) is 0 Å². The van der Waals surface area contributed by atoms with Crippen LogP contribution in [0.15, 0.2) is 48.5 Å². The van der Waals surface area contributed by atoms with Crippen molar-refractivity contribution in [2.75, 3.05) is 0 Å². The van der Waals surface area contributed by atoms with Crippen molar-refractivity contribution in [3.8, 4) is 11.1 Å². The maximum Gasteiger partial charge on any atom is 0.0211 e. The number of hydrogen-bond acceptors (Lipinski definition) is 0. The largest absolute Gasteiger partial charge is 0.0654 e. The molecular weight excluding hydrogens is 444 g/mol. The van der Waals surface area contributed by atoms with Gasteiger partial charge in [-0.1, -0.05) is 197 Å². The monoisotopic (exact) mass is 502 g/mol. The van der Waals surface area contributed by atoms with E-state index in [-0.39, 0.29) is 0 Å². The van der Waals surface area contributed by atoms with Crippen molar-refractivity contribution in [1.82, 2.24) is 0 Å². The third-order valence-corrected chi connectivity index (χ3v) is 7.82. The quantitative estimate of drug-likeness (QED) is 0.127. The summed E-state index contributed by atoms with van der Waals surface area (Å²) in [7, 11) is 0. The van der Waals surface area contributed by atoms with E-state index in [2.05, 4.69) is 75.2 Å². The lowest BCUT2D eigenvalue weighted by atomic mass is 10.0. The van der Waals surface area contributed by atoms with Crippen LogP contribution in [0.2, 0.25) is 0 Å². The summed E-state index contributed by atoms with van der Waals surface area (Å²) in [6, 6.07) is 17.0. The van der Waals surface area contributed by atoms with Crippen molar-refractivity contribution in [3.63, 3.8) is 0 Å². The molecule has 2 aromatic rings. The van der Waals surface area contributed by atoms with Gasteiger partial charge in [0.2, 0.25) is 0 Å². The van der Waals surface area contributed by atoms with E-state index in [4.69, 9.17) is 0 Å². The molecule has 1 aliphatic carbocycles. The SMILES string of the molecule is CC[CH]CCCCCCCCCCCCCCCCCCCCC.[CH]1c2ccccc2-c2ccccc21. The predicted octanol–water partition coefficient (Wildman–Crippen LogP) is 12.7. The van der Waals surface area contributed by atoms with E-state index in [1.807, 2.05) is 0 Å². The van der Waals surface area contributed by atoms with Crippen LogP contribution in [-0.4, -0.2) is 0 Å². The molecule has 2 radical (unpaired) electrons. The Balaban J connectivity index is 0.000000303. The van der Waals surface area contributed by atoms with Crippen LogP contribution in [0.5, 0.6) is 0 Å². The summed E-state index contributed by atoms with van der Waals surface area (Å²) in [5.74, 6) is 0. The van der Waals surface area contributed by atoms with Gasteiger partial charge in [0.1, 0.15) is 0 Å². The van der Waals surface area contributed by atoms with Gasteiger partial charge in [-0.3, -0.25) is 0 Å². The molecule has 0 fully saturated rings. The number of fused-ring (bicyclic) bond motifs is 3. The molecule has 0 atom stereocenters. The van der Waals surface area contributed by atoms with E-state index in [9.17, 15) is 0 Å².